The molecule has 32 heavy (non-hydrogen) atoms. The number of rotatable bonds is 6. The minimum absolute atomic E-state index is 0.0428. The summed E-state index contributed by atoms with van der Waals surface area (Å²) < 4.78 is 6.05. The minimum atomic E-state index is -0.0537. The molecule has 1 aliphatic rings. The van der Waals surface area contributed by atoms with Crippen LogP contribution in [0.1, 0.15) is 28.9 Å². The van der Waals surface area contributed by atoms with E-state index in [1.807, 2.05) is 50.4 Å². The summed E-state index contributed by atoms with van der Waals surface area (Å²) in [6.45, 7) is 4.42. The van der Waals surface area contributed by atoms with Gasteiger partial charge in [-0.1, -0.05) is 18.2 Å². The number of aromatic nitrogens is 3. The van der Waals surface area contributed by atoms with Gasteiger partial charge in [0.1, 0.15) is 11.9 Å². The van der Waals surface area contributed by atoms with E-state index in [0.717, 1.165) is 45.9 Å². The highest BCUT2D eigenvalue weighted by Gasteiger charge is 2.24. The van der Waals surface area contributed by atoms with E-state index in [1.165, 1.54) is 10.9 Å². The van der Waals surface area contributed by atoms with E-state index in [4.69, 9.17) is 4.74 Å². The smallest absolute Gasteiger partial charge is 0.220 e. The number of amides is 1. The molecule has 2 N–H and O–H groups in total. The molecule has 0 saturated heterocycles. The average molecular weight is 427 g/mol. The molecular weight excluding hydrogens is 400 g/mol. The molecule has 3 heterocycles. The van der Waals surface area contributed by atoms with Gasteiger partial charge in [0, 0.05) is 41.7 Å². The number of carbonyl (C=O) groups is 1. The number of hydrogen-bond donors (Lipinski definition) is 2. The van der Waals surface area contributed by atoms with Gasteiger partial charge in [0.15, 0.2) is 0 Å². The van der Waals surface area contributed by atoms with E-state index >= 15 is 0 Å². The summed E-state index contributed by atoms with van der Waals surface area (Å²) in [7, 11) is 0. The molecule has 2 aromatic heterocycles. The largest absolute Gasteiger partial charge is 0.488 e. The molecule has 1 amide bonds. The highest BCUT2D eigenvalue weighted by molar-refractivity contribution is 5.84. The predicted octanol–water partition coefficient (Wildman–Crippen LogP) is 4.29. The van der Waals surface area contributed by atoms with E-state index in [2.05, 4.69) is 32.4 Å². The summed E-state index contributed by atoms with van der Waals surface area (Å²) >= 11 is 0. The van der Waals surface area contributed by atoms with Crippen molar-refractivity contribution >= 4 is 16.8 Å². The van der Waals surface area contributed by atoms with Crippen molar-refractivity contribution in [3.63, 3.8) is 0 Å². The Hall–Kier alpha value is -3.67. The van der Waals surface area contributed by atoms with Crippen LogP contribution in [0, 0.1) is 13.8 Å². The van der Waals surface area contributed by atoms with Crippen LogP contribution in [0.3, 0.4) is 0 Å². The van der Waals surface area contributed by atoms with Gasteiger partial charge in [-0.25, -0.2) is 4.98 Å². The van der Waals surface area contributed by atoms with Crippen molar-refractivity contribution in [2.24, 2.45) is 0 Å². The first-order chi connectivity index (χ1) is 15.6. The second-order valence-electron chi connectivity index (χ2n) is 8.38. The van der Waals surface area contributed by atoms with Crippen LogP contribution in [0.4, 0.5) is 0 Å². The summed E-state index contributed by atoms with van der Waals surface area (Å²) in [6.07, 6.45) is 5.66. The molecule has 4 aromatic rings. The predicted molar refractivity (Wildman–Crippen MR) is 125 cm³/mol. The van der Waals surface area contributed by atoms with Crippen LogP contribution in [0.15, 0.2) is 54.9 Å². The number of carbonyl (C=O) groups excluding carboxylic acids is 1. The van der Waals surface area contributed by atoms with Crippen molar-refractivity contribution in [2.75, 3.05) is 6.54 Å². The fourth-order valence-electron chi connectivity index (χ4n) is 4.30. The van der Waals surface area contributed by atoms with Gasteiger partial charge in [-0.15, -0.1) is 0 Å². The van der Waals surface area contributed by atoms with Crippen LogP contribution in [-0.2, 0) is 17.6 Å². The quantitative estimate of drug-likeness (QED) is 0.482. The van der Waals surface area contributed by atoms with E-state index in [0.29, 0.717) is 19.4 Å². The summed E-state index contributed by atoms with van der Waals surface area (Å²) in [5.74, 6) is 0.922. The van der Waals surface area contributed by atoms with Crippen LogP contribution < -0.4 is 10.1 Å². The van der Waals surface area contributed by atoms with Crippen molar-refractivity contribution in [1.29, 1.82) is 0 Å². The number of nitrogens with one attached hydrogen (secondary N) is 2. The minimum Gasteiger partial charge on any atom is -0.488 e. The van der Waals surface area contributed by atoms with E-state index < -0.39 is 0 Å². The van der Waals surface area contributed by atoms with Crippen molar-refractivity contribution in [2.45, 2.75) is 39.2 Å². The Labute approximate surface area is 187 Å². The third kappa shape index (κ3) is 4.08. The number of aryl methyl sites for hydroxylation is 3. The number of ether oxygens (including phenoxy) is 1. The fraction of sp³-hybridized carbons (Fsp3) is 0.269. The first kappa shape index (κ1) is 20.2. The zero-order valence-corrected chi connectivity index (χ0v) is 18.3. The lowest BCUT2D eigenvalue weighted by Gasteiger charge is -2.12. The van der Waals surface area contributed by atoms with E-state index in [1.54, 1.807) is 6.20 Å². The maximum Gasteiger partial charge on any atom is 0.220 e. The number of H-pyrrole nitrogens is 1. The molecule has 0 bridgehead atoms. The van der Waals surface area contributed by atoms with E-state index in [9.17, 15) is 4.79 Å². The Kier molecular flexibility index (Phi) is 5.35. The molecule has 0 fully saturated rings. The summed E-state index contributed by atoms with van der Waals surface area (Å²) in [5.41, 5.74) is 7.17. The molecule has 162 valence electrons. The number of benzene rings is 2. The number of para-hydroxylation sites is 1. The van der Waals surface area contributed by atoms with Crippen LogP contribution in [-0.4, -0.2) is 33.5 Å². The van der Waals surface area contributed by atoms with Crippen molar-refractivity contribution in [3.05, 3.63) is 77.4 Å². The Morgan fingerprint density at radius 2 is 2.09 bits per heavy atom. The molecule has 0 spiro atoms. The average Bonchev–Trinajstić information content (AvgIpc) is 3.41. The van der Waals surface area contributed by atoms with Gasteiger partial charge in [-0.2, -0.15) is 0 Å². The first-order valence-electron chi connectivity index (χ1n) is 11.0. The molecule has 6 heteroatoms. The molecule has 6 nitrogen and oxygen atoms in total. The highest BCUT2D eigenvalue weighted by Crippen LogP contribution is 2.33. The van der Waals surface area contributed by atoms with Gasteiger partial charge in [-0.3, -0.25) is 9.78 Å². The molecule has 0 saturated carbocycles. The highest BCUT2D eigenvalue weighted by atomic mass is 16.5. The fourth-order valence-corrected chi connectivity index (χ4v) is 4.30. The Morgan fingerprint density at radius 1 is 1.22 bits per heavy atom. The lowest BCUT2D eigenvalue weighted by Crippen LogP contribution is -2.34. The topological polar surface area (TPSA) is 79.9 Å². The molecule has 2 aromatic carbocycles. The third-order valence-electron chi connectivity index (χ3n) is 5.97. The van der Waals surface area contributed by atoms with Crippen LogP contribution in [0.5, 0.6) is 5.75 Å². The maximum atomic E-state index is 12.4. The Morgan fingerprint density at radius 3 is 3.00 bits per heavy atom. The molecule has 0 unspecified atom stereocenters. The normalized spacial score (nSPS) is 14.9. The van der Waals surface area contributed by atoms with Gasteiger partial charge in [0.2, 0.25) is 5.91 Å². The maximum absolute atomic E-state index is 12.4. The van der Waals surface area contributed by atoms with Gasteiger partial charge in [-0.05, 0) is 55.7 Å². The summed E-state index contributed by atoms with van der Waals surface area (Å²) in [6, 6.07) is 14.3. The first-order valence-corrected chi connectivity index (χ1v) is 11.0. The number of fused-ring (bicyclic) bond motifs is 2. The van der Waals surface area contributed by atoms with Crippen LogP contribution in [0.25, 0.3) is 22.2 Å². The summed E-state index contributed by atoms with van der Waals surface area (Å²) in [4.78, 5) is 24.7. The molecule has 0 radical (unpaired) electrons. The standard InChI is InChI=1S/C26H26N4O2/c1-16-13-27-17(2)26(30-16)18-7-9-24-20(11-18)12-21(32-24)15-29-25(31)10-8-19-14-28-23-6-4-3-5-22(19)23/h3-7,9,11,13-14,21,28H,8,10,12,15H2,1-2H3,(H,29,31)/t21-/m1/s1. The molecule has 0 aliphatic carbocycles. The molecule has 1 aliphatic heterocycles. The lowest BCUT2D eigenvalue weighted by molar-refractivity contribution is -0.121. The summed E-state index contributed by atoms with van der Waals surface area (Å²) in [5, 5.41) is 4.22. The SMILES string of the molecule is Cc1cnc(C)c(-c2ccc3c(c2)C[C@H](CNC(=O)CCc2c[nH]c4ccccc24)O3)n1. The van der Waals surface area contributed by atoms with Crippen molar-refractivity contribution in [3.8, 4) is 17.0 Å². The van der Waals surface area contributed by atoms with Crippen molar-refractivity contribution < 1.29 is 9.53 Å². The number of aromatic amines is 1. The second-order valence-corrected chi connectivity index (χ2v) is 8.38. The van der Waals surface area contributed by atoms with Gasteiger partial charge in [0.25, 0.3) is 0 Å². The van der Waals surface area contributed by atoms with Gasteiger partial charge >= 0.3 is 0 Å². The Bertz CT molecular complexity index is 1290. The Balaban J connectivity index is 1.17. The van der Waals surface area contributed by atoms with Crippen molar-refractivity contribution in [1.82, 2.24) is 20.3 Å². The molecular formula is C26H26N4O2. The van der Waals surface area contributed by atoms with Crippen LogP contribution in [0.2, 0.25) is 0 Å². The van der Waals surface area contributed by atoms with Gasteiger partial charge < -0.3 is 15.0 Å². The second kappa shape index (κ2) is 8.46. The zero-order chi connectivity index (χ0) is 22.1. The lowest BCUT2D eigenvalue weighted by atomic mass is 10.0. The molecule has 5 rings (SSSR count). The monoisotopic (exact) mass is 426 g/mol. The van der Waals surface area contributed by atoms with Crippen LogP contribution >= 0.6 is 0 Å². The third-order valence-corrected chi connectivity index (χ3v) is 5.97. The van der Waals surface area contributed by atoms with E-state index in [-0.39, 0.29) is 12.0 Å². The zero-order valence-electron chi connectivity index (χ0n) is 18.3. The number of hydrogen-bond acceptors (Lipinski definition) is 4. The van der Waals surface area contributed by atoms with Gasteiger partial charge in [0.05, 0.1) is 23.6 Å². The molecule has 1 atom stereocenters. The number of nitrogens with zero attached hydrogens (tertiary/aromatic N) is 2.